The second-order valence-corrected chi connectivity index (χ2v) is 8.03. The number of benzene rings is 3. The van der Waals surface area contributed by atoms with Gasteiger partial charge in [0, 0.05) is 17.5 Å². The van der Waals surface area contributed by atoms with Crippen LogP contribution in [0.3, 0.4) is 0 Å². The van der Waals surface area contributed by atoms with Gasteiger partial charge in [0.05, 0.1) is 20.3 Å². The molecule has 1 aliphatic heterocycles. The standard InChI is InChI=1S/C26H29NO4/c1-29-23-15-13-18(16-24(23)30-2)12-14-19-17-26(27,20-8-4-3-5-9-20)31-22-11-7-6-10-21(22)25(19)28/h3-11,13,15-16,19,25,28H,12,14,17,27H2,1-2H3. The average Bonchev–Trinajstić information content (AvgIpc) is 2.92. The Morgan fingerprint density at radius 1 is 0.968 bits per heavy atom. The van der Waals surface area contributed by atoms with Crippen molar-refractivity contribution < 1.29 is 19.3 Å². The van der Waals surface area contributed by atoms with Crippen LogP contribution in [0.1, 0.15) is 35.6 Å². The smallest absolute Gasteiger partial charge is 0.185 e. The van der Waals surface area contributed by atoms with Crippen molar-refractivity contribution in [3.8, 4) is 17.2 Å². The molecule has 0 fully saturated rings. The quantitative estimate of drug-likeness (QED) is 0.612. The van der Waals surface area contributed by atoms with E-state index in [1.54, 1.807) is 14.2 Å². The molecule has 3 aromatic carbocycles. The maximum absolute atomic E-state index is 11.3. The molecule has 0 bridgehead atoms. The molecule has 3 aromatic rings. The van der Waals surface area contributed by atoms with Gasteiger partial charge in [0.25, 0.3) is 0 Å². The molecule has 1 aliphatic rings. The van der Waals surface area contributed by atoms with E-state index >= 15 is 0 Å². The molecule has 31 heavy (non-hydrogen) atoms. The number of methoxy groups -OCH3 is 2. The topological polar surface area (TPSA) is 73.9 Å². The Labute approximate surface area is 183 Å². The lowest BCUT2D eigenvalue weighted by atomic mass is 9.83. The van der Waals surface area contributed by atoms with Crippen LogP contribution in [0.4, 0.5) is 0 Å². The van der Waals surface area contributed by atoms with Gasteiger partial charge in [-0.1, -0.05) is 54.6 Å². The van der Waals surface area contributed by atoms with Gasteiger partial charge < -0.3 is 19.3 Å². The van der Waals surface area contributed by atoms with E-state index in [2.05, 4.69) is 0 Å². The number of fused-ring (bicyclic) bond motifs is 1. The van der Waals surface area contributed by atoms with E-state index in [1.165, 1.54) is 0 Å². The first-order valence-corrected chi connectivity index (χ1v) is 10.6. The van der Waals surface area contributed by atoms with Crippen LogP contribution < -0.4 is 19.9 Å². The molecule has 5 heteroatoms. The van der Waals surface area contributed by atoms with Crippen LogP contribution in [-0.2, 0) is 12.1 Å². The van der Waals surface area contributed by atoms with Gasteiger partial charge in [0.2, 0.25) is 0 Å². The molecule has 3 atom stereocenters. The van der Waals surface area contributed by atoms with E-state index in [0.717, 1.165) is 29.5 Å². The van der Waals surface area contributed by atoms with Crippen molar-refractivity contribution in [3.05, 3.63) is 89.5 Å². The van der Waals surface area contributed by atoms with Gasteiger partial charge in [-0.2, -0.15) is 0 Å². The zero-order valence-corrected chi connectivity index (χ0v) is 18.0. The SMILES string of the molecule is COc1ccc(CCC2CC(N)(c3ccccc3)Oc3ccccc3C2O)cc1OC. The summed E-state index contributed by atoms with van der Waals surface area (Å²) in [5.41, 5.74) is 8.61. The molecule has 0 aromatic heterocycles. The molecule has 162 valence electrons. The molecule has 1 heterocycles. The second kappa shape index (κ2) is 9.00. The number of aryl methyl sites for hydroxylation is 1. The van der Waals surface area contributed by atoms with Gasteiger partial charge >= 0.3 is 0 Å². The third kappa shape index (κ3) is 4.38. The summed E-state index contributed by atoms with van der Waals surface area (Å²) < 4.78 is 17.1. The van der Waals surface area contributed by atoms with Crippen molar-refractivity contribution >= 4 is 0 Å². The molecule has 0 saturated heterocycles. The van der Waals surface area contributed by atoms with Crippen LogP contribution in [0.5, 0.6) is 17.2 Å². The lowest BCUT2D eigenvalue weighted by Gasteiger charge is -2.32. The average molecular weight is 420 g/mol. The van der Waals surface area contributed by atoms with Gasteiger partial charge in [0.15, 0.2) is 17.2 Å². The van der Waals surface area contributed by atoms with Crippen molar-refractivity contribution in [1.82, 2.24) is 0 Å². The summed E-state index contributed by atoms with van der Waals surface area (Å²) in [5.74, 6) is 1.96. The zero-order chi connectivity index (χ0) is 21.8. The Kier molecular flexibility index (Phi) is 6.16. The molecule has 0 amide bonds. The van der Waals surface area contributed by atoms with Crippen molar-refractivity contribution in [1.29, 1.82) is 0 Å². The minimum absolute atomic E-state index is 0.0815. The summed E-state index contributed by atoms with van der Waals surface area (Å²) in [5, 5.41) is 11.3. The fourth-order valence-electron chi connectivity index (χ4n) is 4.36. The van der Waals surface area contributed by atoms with E-state index in [1.807, 2.05) is 72.8 Å². The van der Waals surface area contributed by atoms with Gasteiger partial charge in [-0.25, -0.2) is 0 Å². The molecule has 0 aliphatic carbocycles. The minimum Gasteiger partial charge on any atom is -0.493 e. The van der Waals surface area contributed by atoms with Crippen LogP contribution in [0.25, 0.3) is 0 Å². The monoisotopic (exact) mass is 419 g/mol. The molecule has 0 saturated carbocycles. The van der Waals surface area contributed by atoms with Gasteiger partial charge in [-0.15, -0.1) is 0 Å². The summed E-state index contributed by atoms with van der Waals surface area (Å²) in [7, 11) is 3.26. The van der Waals surface area contributed by atoms with E-state index in [-0.39, 0.29) is 5.92 Å². The highest BCUT2D eigenvalue weighted by Gasteiger charge is 2.40. The predicted octanol–water partition coefficient (Wildman–Crippen LogP) is 4.58. The minimum atomic E-state index is -1.02. The number of aliphatic hydroxyl groups excluding tert-OH is 1. The highest BCUT2D eigenvalue weighted by Crippen LogP contribution is 2.44. The summed E-state index contributed by atoms with van der Waals surface area (Å²) in [6.07, 6.45) is 1.36. The first kappa shape index (κ1) is 21.2. The molecular formula is C26H29NO4. The zero-order valence-electron chi connectivity index (χ0n) is 18.0. The number of hydrogen-bond acceptors (Lipinski definition) is 5. The molecule has 0 spiro atoms. The third-order valence-corrected chi connectivity index (χ3v) is 6.06. The highest BCUT2D eigenvalue weighted by molar-refractivity contribution is 5.43. The lowest BCUT2D eigenvalue weighted by molar-refractivity contribution is 0.0260. The molecular weight excluding hydrogens is 390 g/mol. The van der Waals surface area contributed by atoms with Crippen LogP contribution in [0, 0.1) is 5.92 Å². The van der Waals surface area contributed by atoms with Crippen molar-refractivity contribution in [2.45, 2.75) is 31.1 Å². The Hall–Kier alpha value is -3.02. The summed E-state index contributed by atoms with van der Waals surface area (Å²) in [6.45, 7) is 0. The Morgan fingerprint density at radius 3 is 2.42 bits per heavy atom. The normalized spacial score (nSPS) is 22.7. The fraction of sp³-hybridized carbons (Fsp3) is 0.308. The van der Waals surface area contributed by atoms with Gasteiger partial charge in [0.1, 0.15) is 5.75 Å². The first-order chi connectivity index (χ1) is 15.0. The van der Waals surface area contributed by atoms with E-state index in [0.29, 0.717) is 23.7 Å². The Balaban J connectivity index is 1.63. The third-order valence-electron chi connectivity index (χ3n) is 6.06. The summed E-state index contributed by atoms with van der Waals surface area (Å²) in [6, 6.07) is 23.4. The van der Waals surface area contributed by atoms with Crippen molar-refractivity contribution in [2.75, 3.05) is 14.2 Å². The molecule has 4 rings (SSSR count). The maximum atomic E-state index is 11.3. The van der Waals surface area contributed by atoms with E-state index in [9.17, 15) is 5.11 Å². The number of aliphatic hydroxyl groups is 1. The van der Waals surface area contributed by atoms with Crippen LogP contribution in [0.15, 0.2) is 72.8 Å². The highest BCUT2D eigenvalue weighted by atomic mass is 16.5. The van der Waals surface area contributed by atoms with Crippen LogP contribution in [-0.4, -0.2) is 19.3 Å². The van der Waals surface area contributed by atoms with Crippen LogP contribution in [0.2, 0.25) is 0 Å². The molecule has 5 nitrogen and oxygen atoms in total. The summed E-state index contributed by atoms with van der Waals surface area (Å²) in [4.78, 5) is 0. The van der Waals surface area contributed by atoms with E-state index < -0.39 is 11.8 Å². The number of ether oxygens (including phenoxy) is 3. The van der Waals surface area contributed by atoms with Crippen molar-refractivity contribution in [3.63, 3.8) is 0 Å². The number of nitrogens with two attached hydrogens (primary N) is 1. The first-order valence-electron chi connectivity index (χ1n) is 10.6. The van der Waals surface area contributed by atoms with Crippen molar-refractivity contribution in [2.24, 2.45) is 11.7 Å². The Morgan fingerprint density at radius 2 is 1.68 bits per heavy atom. The number of para-hydroxylation sites is 1. The maximum Gasteiger partial charge on any atom is 0.185 e. The number of hydrogen-bond donors (Lipinski definition) is 2. The Bertz CT molecular complexity index is 1020. The van der Waals surface area contributed by atoms with Gasteiger partial charge in [-0.05, 0) is 42.5 Å². The largest absolute Gasteiger partial charge is 0.493 e. The molecule has 0 radical (unpaired) electrons. The predicted molar refractivity (Wildman–Crippen MR) is 120 cm³/mol. The van der Waals surface area contributed by atoms with Gasteiger partial charge in [-0.3, -0.25) is 5.73 Å². The summed E-state index contributed by atoms with van der Waals surface area (Å²) >= 11 is 0. The molecule has 3 N–H and O–H groups in total. The van der Waals surface area contributed by atoms with Crippen LogP contribution >= 0.6 is 0 Å². The fourth-order valence-corrected chi connectivity index (χ4v) is 4.36. The number of rotatable bonds is 6. The lowest BCUT2D eigenvalue weighted by Crippen LogP contribution is -2.44. The molecule has 3 unspecified atom stereocenters. The van der Waals surface area contributed by atoms with E-state index in [4.69, 9.17) is 19.9 Å². The second-order valence-electron chi connectivity index (χ2n) is 8.03.